The lowest BCUT2D eigenvalue weighted by atomic mass is 9.98. The molecule has 1 fully saturated rings. The average Bonchev–Trinajstić information content (AvgIpc) is 3.32. The van der Waals surface area contributed by atoms with E-state index in [0.717, 1.165) is 34.5 Å². The number of fused-ring (bicyclic) bond motifs is 1. The first-order valence-corrected chi connectivity index (χ1v) is 7.23. The molecule has 0 aromatic heterocycles. The van der Waals surface area contributed by atoms with Crippen molar-refractivity contribution in [3.05, 3.63) is 42.0 Å². The van der Waals surface area contributed by atoms with Gasteiger partial charge < -0.3 is 15.2 Å². The van der Waals surface area contributed by atoms with Crippen molar-refractivity contribution in [3.63, 3.8) is 0 Å². The molecule has 0 saturated heterocycles. The van der Waals surface area contributed by atoms with Crippen LogP contribution in [-0.2, 0) is 0 Å². The van der Waals surface area contributed by atoms with Crippen molar-refractivity contribution < 1.29 is 9.84 Å². The van der Waals surface area contributed by atoms with Crippen LogP contribution in [0, 0.1) is 5.92 Å². The molecule has 1 aliphatic rings. The Hall–Kier alpha value is -1.58. The van der Waals surface area contributed by atoms with Crippen LogP contribution in [0.25, 0.3) is 10.8 Å². The summed E-state index contributed by atoms with van der Waals surface area (Å²) in [4.78, 5) is 0. The van der Waals surface area contributed by atoms with Gasteiger partial charge in [0.25, 0.3) is 0 Å². The molecule has 0 aliphatic heterocycles. The lowest BCUT2D eigenvalue weighted by Crippen LogP contribution is -2.26. The number of hydrogen-bond donors (Lipinski definition) is 2. The summed E-state index contributed by atoms with van der Waals surface area (Å²) in [5.41, 5.74) is 1.14. The van der Waals surface area contributed by atoms with E-state index in [1.165, 1.54) is 12.8 Å². The predicted molar refractivity (Wildman–Crippen MR) is 81.1 cm³/mol. The van der Waals surface area contributed by atoms with Gasteiger partial charge in [-0.25, -0.2) is 0 Å². The van der Waals surface area contributed by atoms with Gasteiger partial charge in [0, 0.05) is 5.39 Å². The van der Waals surface area contributed by atoms with Gasteiger partial charge in [-0.1, -0.05) is 30.3 Å². The minimum atomic E-state index is -0.00796. The highest BCUT2D eigenvalue weighted by molar-refractivity contribution is 5.91. The van der Waals surface area contributed by atoms with Crippen LogP contribution >= 0.6 is 0 Å². The van der Waals surface area contributed by atoms with E-state index in [1.54, 1.807) is 7.11 Å². The summed E-state index contributed by atoms with van der Waals surface area (Å²) in [7, 11) is 1.69. The lowest BCUT2D eigenvalue weighted by molar-refractivity contribution is 0.244. The Morgan fingerprint density at radius 2 is 1.95 bits per heavy atom. The number of aliphatic hydroxyl groups excluding tert-OH is 1. The van der Waals surface area contributed by atoms with Crippen molar-refractivity contribution in [1.82, 2.24) is 5.32 Å². The third-order valence-corrected chi connectivity index (χ3v) is 4.05. The van der Waals surface area contributed by atoms with Crippen LogP contribution in [0.1, 0.15) is 24.4 Å². The highest BCUT2D eigenvalue weighted by atomic mass is 16.5. The molecule has 3 rings (SSSR count). The topological polar surface area (TPSA) is 41.5 Å². The Balaban J connectivity index is 1.96. The number of nitrogens with one attached hydrogen (secondary N) is 1. The first-order valence-electron chi connectivity index (χ1n) is 7.23. The molecular formula is C17H21NO2. The van der Waals surface area contributed by atoms with E-state index in [-0.39, 0.29) is 12.6 Å². The molecule has 0 bridgehead atoms. The predicted octanol–water partition coefficient (Wildman–Crippen LogP) is 2.88. The molecular weight excluding hydrogens is 250 g/mol. The van der Waals surface area contributed by atoms with Crippen LogP contribution in [0.3, 0.4) is 0 Å². The van der Waals surface area contributed by atoms with E-state index in [0.29, 0.717) is 0 Å². The molecule has 3 heteroatoms. The van der Waals surface area contributed by atoms with E-state index < -0.39 is 0 Å². The highest BCUT2D eigenvalue weighted by Crippen LogP contribution is 2.33. The second kappa shape index (κ2) is 5.81. The molecule has 3 nitrogen and oxygen atoms in total. The Morgan fingerprint density at radius 3 is 2.60 bits per heavy atom. The summed E-state index contributed by atoms with van der Waals surface area (Å²) in [5, 5.41) is 15.4. The molecule has 1 saturated carbocycles. The smallest absolute Gasteiger partial charge is 0.126 e. The number of ether oxygens (including phenoxy) is 1. The molecule has 0 spiro atoms. The van der Waals surface area contributed by atoms with E-state index in [4.69, 9.17) is 4.74 Å². The molecule has 0 radical (unpaired) electrons. The van der Waals surface area contributed by atoms with Gasteiger partial charge in [0.2, 0.25) is 0 Å². The molecule has 106 valence electrons. The normalized spacial score (nSPS) is 16.3. The van der Waals surface area contributed by atoms with Gasteiger partial charge in [-0.05, 0) is 42.3 Å². The standard InChI is InChI=1S/C17H21NO2/c1-20-17-9-8-14(13-4-2-3-5-15(13)17)16(11-19)18-10-12-6-7-12/h2-5,8-9,12,16,18-19H,6-7,10-11H2,1H3. The second-order valence-electron chi connectivity index (χ2n) is 5.49. The average molecular weight is 271 g/mol. The number of benzene rings is 2. The maximum absolute atomic E-state index is 9.70. The van der Waals surface area contributed by atoms with Crippen molar-refractivity contribution in [1.29, 1.82) is 0 Å². The number of aliphatic hydroxyl groups is 1. The van der Waals surface area contributed by atoms with Gasteiger partial charge in [0.1, 0.15) is 5.75 Å². The van der Waals surface area contributed by atoms with Crippen LogP contribution in [0.4, 0.5) is 0 Å². The fraction of sp³-hybridized carbons (Fsp3) is 0.412. The van der Waals surface area contributed by atoms with Crippen molar-refractivity contribution in [3.8, 4) is 5.75 Å². The van der Waals surface area contributed by atoms with Crippen molar-refractivity contribution in [2.45, 2.75) is 18.9 Å². The van der Waals surface area contributed by atoms with E-state index in [2.05, 4.69) is 23.5 Å². The van der Waals surface area contributed by atoms with Crippen molar-refractivity contribution in [2.75, 3.05) is 20.3 Å². The van der Waals surface area contributed by atoms with Crippen LogP contribution in [0.15, 0.2) is 36.4 Å². The molecule has 2 N–H and O–H groups in total. The summed E-state index contributed by atoms with van der Waals surface area (Å²) < 4.78 is 5.42. The minimum Gasteiger partial charge on any atom is -0.496 e. The first-order chi connectivity index (χ1) is 9.83. The maximum Gasteiger partial charge on any atom is 0.126 e. The second-order valence-corrected chi connectivity index (χ2v) is 5.49. The van der Waals surface area contributed by atoms with Gasteiger partial charge in [-0.15, -0.1) is 0 Å². The molecule has 1 atom stereocenters. The van der Waals surface area contributed by atoms with Crippen molar-refractivity contribution in [2.24, 2.45) is 5.92 Å². The maximum atomic E-state index is 9.70. The summed E-state index contributed by atoms with van der Waals surface area (Å²) in [6.07, 6.45) is 2.63. The van der Waals surface area contributed by atoms with E-state index in [1.807, 2.05) is 18.2 Å². The van der Waals surface area contributed by atoms with Crippen LogP contribution in [-0.4, -0.2) is 25.4 Å². The summed E-state index contributed by atoms with van der Waals surface area (Å²) in [6.45, 7) is 1.11. The Labute approximate surface area is 119 Å². The van der Waals surface area contributed by atoms with Crippen LogP contribution in [0.2, 0.25) is 0 Å². The van der Waals surface area contributed by atoms with Gasteiger partial charge in [-0.3, -0.25) is 0 Å². The summed E-state index contributed by atoms with van der Waals surface area (Å²) in [6, 6.07) is 12.2. The number of hydrogen-bond acceptors (Lipinski definition) is 3. The van der Waals surface area contributed by atoms with Gasteiger partial charge in [0.15, 0.2) is 0 Å². The zero-order chi connectivity index (χ0) is 13.9. The zero-order valence-electron chi connectivity index (χ0n) is 11.8. The third-order valence-electron chi connectivity index (χ3n) is 4.05. The quantitative estimate of drug-likeness (QED) is 0.849. The molecule has 20 heavy (non-hydrogen) atoms. The monoisotopic (exact) mass is 271 g/mol. The Morgan fingerprint density at radius 1 is 1.20 bits per heavy atom. The zero-order valence-corrected chi connectivity index (χ0v) is 11.8. The molecule has 1 unspecified atom stereocenters. The van der Waals surface area contributed by atoms with Crippen LogP contribution in [0.5, 0.6) is 5.75 Å². The Kier molecular flexibility index (Phi) is 3.90. The Bertz CT molecular complexity index is 593. The van der Waals surface area contributed by atoms with E-state index in [9.17, 15) is 5.11 Å². The van der Waals surface area contributed by atoms with E-state index >= 15 is 0 Å². The molecule has 2 aromatic rings. The molecule has 2 aromatic carbocycles. The van der Waals surface area contributed by atoms with Crippen LogP contribution < -0.4 is 10.1 Å². The fourth-order valence-corrected chi connectivity index (χ4v) is 2.68. The summed E-state index contributed by atoms with van der Waals surface area (Å²) in [5.74, 6) is 1.68. The molecule has 0 amide bonds. The number of rotatable bonds is 6. The summed E-state index contributed by atoms with van der Waals surface area (Å²) >= 11 is 0. The van der Waals surface area contributed by atoms with Gasteiger partial charge >= 0.3 is 0 Å². The molecule has 1 aliphatic carbocycles. The SMILES string of the molecule is COc1ccc(C(CO)NCC2CC2)c2ccccc12. The van der Waals surface area contributed by atoms with Crippen molar-refractivity contribution >= 4 is 10.8 Å². The largest absolute Gasteiger partial charge is 0.496 e. The third kappa shape index (κ3) is 2.65. The molecule has 0 heterocycles. The lowest BCUT2D eigenvalue weighted by Gasteiger charge is -2.19. The van der Waals surface area contributed by atoms with Gasteiger partial charge in [0.05, 0.1) is 19.8 Å². The highest BCUT2D eigenvalue weighted by Gasteiger charge is 2.23. The number of methoxy groups -OCH3 is 1. The van der Waals surface area contributed by atoms with Gasteiger partial charge in [-0.2, -0.15) is 0 Å². The minimum absolute atomic E-state index is 0.00796. The first kappa shape index (κ1) is 13.4. The fourth-order valence-electron chi connectivity index (χ4n) is 2.68.